The lowest BCUT2D eigenvalue weighted by molar-refractivity contribution is -0.121. The Bertz CT molecular complexity index is 1260. The summed E-state index contributed by atoms with van der Waals surface area (Å²) in [5.41, 5.74) is 1.31. The fourth-order valence-electron chi connectivity index (χ4n) is 3.80. The van der Waals surface area contributed by atoms with Crippen LogP contribution in [0.1, 0.15) is 45.1 Å². The van der Waals surface area contributed by atoms with E-state index in [2.05, 4.69) is 17.6 Å². The summed E-state index contributed by atoms with van der Waals surface area (Å²) in [6.45, 7) is 4.65. The highest BCUT2D eigenvalue weighted by atomic mass is 16.2. The molecule has 2 amide bonds. The molecule has 3 rings (SSSR count). The van der Waals surface area contributed by atoms with Gasteiger partial charge in [-0.3, -0.25) is 23.5 Å². The number of fused-ring (bicyclic) bond motifs is 1. The lowest BCUT2D eigenvalue weighted by Crippen LogP contribution is -2.41. The fraction of sp³-hybridized carbons (Fsp3) is 0.385. The minimum atomic E-state index is -0.532. The van der Waals surface area contributed by atoms with Gasteiger partial charge in [-0.2, -0.15) is 0 Å². The van der Waals surface area contributed by atoms with E-state index in [9.17, 15) is 19.2 Å². The molecular weight excluding hydrogens is 432 g/mol. The molecule has 8 heteroatoms. The number of hydrogen-bond acceptors (Lipinski definition) is 4. The first-order valence-corrected chi connectivity index (χ1v) is 11.8. The molecule has 8 nitrogen and oxygen atoms in total. The lowest BCUT2D eigenvalue weighted by atomic mass is 10.1. The van der Waals surface area contributed by atoms with Crippen molar-refractivity contribution in [2.24, 2.45) is 0 Å². The van der Waals surface area contributed by atoms with Crippen LogP contribution in [0, 0.1) is 0 Å². The van der Waals surface area contributed by atoms with E-state index < -0.39 is 5.69 Å². The summed E-state index contributed by atoms with van der Waals surface area (Å²) in [4.78, 5) is 50.7. The van der Waals surface area contributed by atoms with Crippen LogP contribution in [0.15, 0.2) is 58.1 Å². The molecule has 3 aromatic rings. The second-order valence-corrected chi connectivity index (χ2v) is 8.25. The predicted octanol–water partition coefficient (Wildman–Crippen LogP) is 3.06. The third-order valence-electron chi connectivity index (χ3n) is 5.69. The zero-order valence-corrected chi connectivity index (χ0v) is 19.8. The minimum absolute atomic E-state index is 0.0336. The molecule has 0 atom stereocenters. The van der Waals surface area contributed by atoms with Crippen molar-refractivity contribution in [3.05, 3.63) is 74.9 Å². The second kappa shape index (κ2) is 12.0. The molecule has 0 aliphatic carbocycles. The average Bonchev–Trinajstić information content (AvgIpc) is 2.85. The van der Waals surface area contributed by atoms with Crippen molar-refractivity contribution in [2.45, 2.75) is 59.0 Å². The van der Waals surface area contributed by atoms with Crippen LogP contribution in [0.4, 0.5) is 5.69 Å². The number of hydrogen-bond donors (Lipinski definition) is 2. The van der Waals surface area contributed by atoms with Crippen LogP contribution in [0.3, 0.4) is 0 Å². The smallest absolute Gasteiger partial charge is 0.331 e. The van der Waals surface area contributed by atoms with E-state index in [1.165, 1.54) is 4.57 Å². The highest BCUT2D eigenvalue weighted by molar-refractivity contribution is 5.91. The van der Waals surface area contributed by atoms with Crippen molar-refractivity contribution in [3.8, 4) is 0 Å². The van der Waals surface area contributed by atoms with Crippen molar-refractivity contribution >= 4 is 28.4 Å². The molecule has 180 valence electrons. The molecule has 1 aromatic heterocycles. The summed E-state index contributed by atoms with van der Waals surface area (Å²) in [6, 6.07) is 14.3. The fourth-order valence-corrected chi connectivity index (χ4v) is 3.80. The molecule has 0 fully saturated rings. The Balaban J connectivity index is 1.79. The quantitative estimate of drug-likeness (QED) is 0.426. The number of carbonyl (C=O) groups excluding carboxylic acids is 2. The molecule has 2 N–H and O–H groups in total. The van der Waals surface area contributed by atoms with Gasteiger partial charge in [-0.05, 0) is 55.5 Å². The largest absolute Gasteiger partial charge is 0.356 e. The monoisotopic (exact) mass is 464 g/mol. The normalized spacial score (nSPS) is 10.9. The van der Waals surface area contributed by atoms with E-state index in [4.69, 9.17) is 0 Å². The van der Waals surface area contributed by atoms with Crippen LogP contribution < -0.4 is 21.9 Å². The Kier molecular flexibility index (Phi) is 8.79. The van der Waals surface area contributed by atoms with Crippen molar-refractivity contribution in [1.82, 2.24) is 14.5 Å². The van der Waals surface area contributed by atoms with Crippen LogP contribution in [0.25, 0.3) is 10.9 Å². The molecule has 0 aliphatic heterocycles. The third kappa shape index (κ3) is 6.21. The average molecular weight is 465 g/mol. The summed E-state index contributed by atoms with van der Waals surface area (Å²) < 4.78 is 2.50. The standard InChI is InChI=1S/C26H32N4O4/c1-3-16-27-23(31)11-7-8-17-29-25(33)21-9-5-6-10-22(21)30(26(29)34)18-24(32)28-20-14-12-19(4-2)13-15-20/h5-6,9-10,12-15H,3-4,7-8,11,16-18H2,1-2H3,(H,27,31)(H,28,32). The van der Waals surface area contributed by atoms with Gasteiger partial charge in [0, 0.05) is 25.2 Å². The van der Waals surface area contributed by atoms with Gasteiger partial charge >= 0.3 is 5.69 Å². The molecule has 0 aliphatic rings. The third-order valence-corrected chi connectivity index (χ3v) is 5.69. The van der Waals surface area contributed by atoms with Crippen molar-refractivity contribution < 1.29 is 9.59 Å². The molecule has 0 bridgehead atoms. The molecular formula is C26H32N4O4. The van der Waals surface area contributed by atoms with Gasteiger partial charge in [0.2, 0.25) is 11.8 Å². The number of unbranched alkanes of at least 4 members (excludes halogenated alkanes) is 1. The van der Waals surface area contributed by atoms with Crippen LogP contribution in [-0.2, 0) is 29.1 Å². The zero-order chi connectivity index (χ0) is 24.5. The van der Waals surface area contributed by atoms with Gasteiger partial charge in [-0.1, -0.05) is 38.1 Å². The van der Waals surface area contributed by atoms with Crippen LogP contribution in [0.2, 0.25) is 0 Å². The number of nitrogens with one attached hydrogen (secondary N) is 2. The van der Waals surface area contributed by atoms with E-state index >= 15 is 0 Å². The van der Waals surface area contributed by atoms with E-state index in [-0.39, 0.29) is 30.5 Å². The van der Waals surface area contributed by atoms with Crippen molar-refractivity contribution in [2.75, 3.05) is 11.9 Å². The Morgan fingerprint density at radius 3 is 2.32 bits per heavy atom. The van der Waals surface area contributed by atoms with E-state index in [0.717, 1.165) is 23.0 Å². The van der Waals surface area contributed by atoms with Gasteiger partial charge in [-0.15, -0.1) is 0 Å². The summed E-state index contributed by atoms with van der Waals surface area (Å²) in [5.74, 6) is -0.386. The van der Waals surface area contributed by atoms with Gasteiger partial charge in [0.25, 0.3) is 5.56 Å². The van der Waals surface area contributed by atoms with E-state index in [1.807, 2.05) is 31.2 Å². The SMILES string of the molecule is CCCNC(=O)CCCCn1c(=O)c2ccccc2n(CC(=O)Nc2ccc(CC)cc2)c1=O. The van der Waals surface area contributed by atoms with Crippen molar-refractivity contribution in [3.63, 3.8) is 0 Å². The molecule has 2 aromatic carbocycles. The second-order valence-electron chi connectivity index (χ2n) is 8.25. The van der Waals surface area contributed by atoms with Crippen LogP contribution in [0.5, 0.6) is 0 Å². The Labute approximate surface area is 198 Å². The zero-order valence-electron chi connectivity index (χ0n) is 19.8. The molecule has 0 unspecified atom stereocenters. The highest BCUT2D eigenvalue weighted by Gasteiger charge is 2.15. The number of amides is 2. The van der Waals surface area contributed by atoms with E-state index in [0.29, 0.717) is 42.4 Å². The predicted molar refractivity (Wildman–Crippen MR) is 134 cm³/mol. The van der Waals surface area contributed by atoms with Gasteiger partial charge in [0.1, 0.15) is 6.54 Å². The highest BCUT2D eigenvalue weighted by Crippen LogP contribution is 2.12. The van der Waals surface area contributed by atoms with Gasteiger partial charge in [-0.25, -0.2) is 4.79 Å². The number of para-hydroxylation sites is 1. The number of nitrogens with zero attached hydrogens (tertiary/aromatic N) is 2. The first-order valence-electron chi connectivity index (χ1n) is 11.8. The maximum atomic E-state index is 13.2. The first kappa shape index (κ1) is 25.0. The summed E-state index contributed by atoms with van der Waals surface area (Å²) in [6.07, 6.45) is 3.18. The van der Waals surface area contributed by atoms with Gasteiger partial charge < -0.3 is 10.6 Å². The molecule has 0 spiro atoms. The summed E-state index contributed by atoms with van der Waals surface area (Å²) >= 11 is 0. The molecule has 0 saturated heterocycles. The van der Waals surface area contributed by atoms with E-state index in [1.54, 1.807) is 24.3 Å². The number of rotatable bonds is 11. The minimum Gasteiger partial charge on any atom is -0.356 e. The number of aromatic nitrogens is 2. The number of aryl methyl sites for hydroxylation is 1. The topological polar surface area (TPSA) is 102 Å². The maximum absolute atomic E-state index is 13.2. The Hall–Kier alpha value is -3.68. The number of carbonyl (C=O) groups is 2. The first-order chi connectivity index (χ1) is 16.4. The lowest BCUT2D eigenvalue weighted by Gasteiger charge is -2.14. The van der Waals surface area contributed by atoms with Crippen LogP contribution in [-0.4, -0.2) is 27.5 Å². The van der Waals surface area contributed by atoms with Crippen LogP contribution >= 0.6 is 0 Å². The molecule has 0 radical (unpaired) electrons. The number of benzene rings is 2. The maximum Gasteiger partial charge on any atom is 0.331 e. The molecule has 1 heterocycles. The Morgan fingerprint density at radius 2 is 1.62 bits per heavy atom. The summed E-state index contributed by atoms with van der Waals surface area (Å²) in [7, 11) is 0. The molecule has 34 heavy (non-hydrogen) atoms. The van der Waals surface area contributed by atoms with Gasteiger partial charge in [0.05, 0.1) is 10.9 Å². The number of anilines is 1. The Morgan fingerprint density at radius 1 is 0.882 bits per heavy atom. The molecule has 0 saturated carbocycles. The van der Waals surface area contributed by atoms with Gasteiger partial charge in [0.15, 0.2) is 0 Å². The van der Waals surface area contributed by atoms with Crippen molar-refractivity contribution in [1.29, 1.82) is 0 Å². The summed E-state index contributed by atoms with van der Waals surface area (Å²) in [5, 5.41) is 6.01.